The highest BCUT2D eigenvalue weighted by molar-refractivity contribution is 5.94. The molecule has 3 heterocycles. The summed E-state index contributed by atoms with van der Waals surface area (Å²) in [5.41, 5.74) is 6.20. The number of fused-ring (bicyclic) bond motifs is 2. The number of aromatic amines is 1. The highest BCUT2D eigenvalue weighted by Gasteiger charge is 2.26. The van der Waals surface area contributed by atoms with Gasteiger partial charge in [-0.15, -0.1) is 0 Å². The fourth-order valence-corrected chi connectivity index (χ4v) is 5.47. The summed E-state index contributed by atoms with van der Waals surface area (Å²) < 4.78 is 11.9. The van der Waals surface area contributed by atoms with E-state index in [1.54, 1.807) is 0 Å². The van der Waals surface area contributed by atoms with E-state index in [4.69, 9.17) is 9.47 Å². The van der Waals surface area contributed by atoms with Gasteiger partial charge in [-0.2, -0.15) is 5.10 Å². The number of carbonyl (C=O) groups excluding carboxylic acids is 1. The van der Waals surface area contributed by atoms with E-state index < -0.39 is 0 Å². The molecule has 1 amide bonds. The molecule has 1 aromatic heterocycles. The van der Waals surface area contributed by atoms with E-state index in [0.717, 1.165) is 55.8 Å². The molecule has 37 heavy (non-hydrogen) atoms. The van der Waals surface area contributed by atoms with Gasteiger partial charge in [-0.05, 0) is 57.3 Å². The minimum atomic E-state index is -0.0428. The third-order valence-corrected chi connectivity index (χ3v) is 7.57. The van der Waals surface area contributed by atoms with Gasteiger partial charge in [0.15, 0.2) is 5.69 Å². The number of carbonyl (C=O) groups is 1. The summed E-state index contributed by atoms with van der Waals surface area (Å²) in [6.07, 6.45) is 3.79. The van der Waals surface area contributed by atoms with Crippen LogP contribution in [0, 0.1) is 6.92 Å². The molecule has 0 spiro atoms. The Morgan fingerprint density at radius 2 is 1.92 bits per heavy atom. The van der Waals surface area contributed by atoms with Crippen molar-refractivity contribution in [3.8, 4) is 5.75 Å². The lowest BCUT2D eigenvalue weighted by atomic mass is 9.91. The molecule has 7 heteroatoms. The van der Waals surface area contributed by atoms with Crippen molar-refractivity contribution in [2.75, 3.05) is 39.9 Å². The quantitative estimate of drug-likeness (QED) is 0.550. The normalized spacial score (nSPS) is 19.8. The maximum absolute atomic E-state index is 13.7. The Hall–Kier alpha value is -3.16. The van der Waals surface area contributed by atoms with Crippen molar-refractivity contribution in [3.63, 3.8) is 0 Å². The maximum Gasteiger partial charge on any atom is 0.274 e. The van der Waals surface area contributed by atoms with Gasteiger partial charge in [-0.1, -0.05) is 48.0 Å². The number of hydrogen-bond donors (Lipinski definition) is 1. The largest absolute Gasteiger partial charge is 0.491 e. The highest BCUT2D eigenvalue weighted by atomic mass is 16.5. The molecule has 0 saturated carbocycles. The van der Waals surface area contributed by atoms with E-state index >= 15 is 0 Å². The van der Waals surface area contributed by atoms with Crippen LogP contribution in [0.25, 0.3) is 0 Å². The maximum atomic E-state index is 13.7. The molecular formula is C30H38N4O3. The minimum Gasteiger partial charge on any atom is -0.491 e. The smallest absolute Gasteiger partial charge is 0.274 e. The third-order valence-electron chi connectivity index (χ3n) is 7.57. The molecule has 196 valence electrons. The number of amides is 1. The Bertz CT molecular complexity index is 1190. The van der Waals surface area contributed by atoms with Gasteiger partial charge in [0.1, 0.15) is 12.4 Å². The Kier molecular flexibility index (Phi) is 8.21. The van der Waals surface area contributed by atoms with E-state index in [1.165, 1.54) is 16.7 Å². The van der Waals surface area contributed by atoms with Crippen molar-refractivity contribution in [3.05, 3.63) is 82.2 Å². The van der Waals surface area contributed by atoms with Crippen LogP contribution < -0.4 is 4.74 Å². The van der Waals surface area contributed by atoms with E-state index in [-0.39, 0.29) is 5.91 Å². The van der Waals surface area contributed by atoms with Crippen LogP contribution in [0.15, 0.2) is 48.5 Å². The lowest BCUT2D eigenvalue weighted by Gasteiger charge is -2.27. The van der Waals surface area contributed by atoms with Crippen molar-refractivity contribution in [2.24, 2.45) is 0 Å². The molecule has 2 aromatic carbocycles. The topological polar surface area (TPSA) is 70.7 Å². The number of benzene rings is 2. The van der Waals surface area contributed by atoms with Gasteiger partial charge in [-0.25, -0.2) is 0 Å². The summed E-state index contributed by atoms with van der Waals surface area (Å²) >= 11 is 0. The first-order valence-corrected chi connectivity index (χ1v) is 13.5. The predicted molar refractivity (Wildman–Crippen MR) is 144 cm³/mol. The van der Waals surface area contributed by atoms with Crippen LogP contribution in [0.4, 0.5) is 0 Å². The Morgan fingerprint density at radius 3 is 2.78 bits per heavy atom. The molecule has 2 aliphatic rings. The van der Waals surface area contributed by atoms with Gasteiger partial charge in [0, 0.05) is 36.3 Å². The van der Waals surface area contributed by atoms with Crippen molar-refractivity contribution in [1.82, 2.24) is 20.0 Å². The second kappa shape index (κ2) is 11.9. The van der Waals surface area contributed by atoms with Gasteiger partial charge in [-0.3, -0.25) is 9.89 Å². The van der Waals surface area contributed by atoms with Crippen molar-refractivity contribution >= 4 is 5.91 Å². The van der Waals surface area contributed by atoms with Crippen LogP contribution in [0.1, 0.15) is 63.6 Å². The molecular weight excluding hydrogens is 464 g/mol. The molecule has 0 saturated heterocycles. The second-order valence-corrected chi connectivity index (χ2v) is 10.4. The SMILES string of the molecule is Cc1ccc2c(c1)CN(C)CCC(c1ccccc1)CCCN(C(=O)c1n[nH]c3c1COCC3)CCO2. The van der Waals surface area contributed by atoms with Crippen LogP contribution in [-0.2, 0) is 24.3 Å². The molecule has 2 aliphatic heterocycles. The van der Waals surface area contributed by atoms with Crippen LogP contribution in [0.3, 0.4) is 0 Å². The summed E-state index contributed by atoms with van der Waals surface area (Å²) in [4.78, 5) is 18.0. The summed E-state index contributed by atoms with van der Waals surface area (Å²) in [6, 6.07) is 17.2. The van der Waals surface area contributed by atoms with Crippen LogP contribution >= 0.6 is 0 Å². The van der Waals surface area contributed by atoms with Crippen LogP contribution in [0.5, 0.6) is 5.75 Å². The number of nitrogens with zero attached hydrogens (tertiary/aromatic N) is 3. The number of rotatable bonds is 2. The molecule has 5 rings (SSSR count). The monoisotopic (exact) mass is 502 g/mol. The van der Waals surface area contributed by atoms with Crippen molar-refractivity contribution < 1.29 is 14.3 Å². The van der Waals surface area contributed by atoms with E-state index in [2.05, 4.69) is 77.6 Å². The van der Waals surface area contributed by atoms with Gasteiger partial charge in [0.25, 0.3) is 5.91 Å². The van der Waals surface area contributed by atoms with Crippen molar-refractivity contribution in [2.45, 2.75) is 51.7 Å². The van der Waals surface area contributed by atoms with Crippen LogP contribution in [0.2, 0.25) is 0 Å². The molecule has 1 unspecified atom stereocenters. The van der Waals surface area contributed by atoms with Gasteiger partial charge >= 0.3 is 0 Å². The zero-order chi connectivity index (χ0) is 25.6. The van der Waals surface area contributed by atoms with E-state index in [0.29, 0.717) is 44.5 Å². The number of aryl methyl sites for hydroxylation is 1. The first-order chi connectivity index (χ1) is 18.1. The number of H-pyrrole nitrogens is 1. The number of hydrogen-bond acceptors (Lipinski definition) is 5. The molecule has 0 aliphatic carbocycles. The lowest BCUT2D eigenvalue weighted by molar-refractivity contribution is 0.0706. The number of aromatic nitrogens is 2. The molecule has 7 nitrogen and oxygen atoms in total. The summed E-state index contributed by atoms with van der Waals surface area (Å²) in [7, 11) is 2.19. The number of nitrogens with one attached hydrogen (secondary N) is 1. The number of ether oxygens (including phenoxy) is 2. The average molecular weight is 503 g/mol. The molecule has 0 radical (unpaired) electrons. The van der Waals surface area contributed by atoms with E-state index in [9.17, 15) is 4.79 Å². The van der Waals surface area contributed by atoms with E-state index in [1.807, 2.05) is 4.90 Å². The molecule has 1 N–H and O–H groups in total. The minimum absolute atomic E-state index is 0.0428. The summed E-state index contributed by atoms with van der Waals surface area (Å²) in [5.74, 6) is 1.30. The summed E-state index contributed by atoms with van der Waals surface area (Å²) in [6.45, 7) is 6.67. The Balaban J connectivity index is 1.39. The zero-order valence-electron chi connectivity index (χ0n) is 22.0. The van der Waals surface area contributed by atoms with Crippen LogP contribution in [-0.4, -0.2) is 65.8 Å². The highest BCUT2D eigenvalue weighted by Crippen LogP contribution is 2.28. The lowest BCUT2D eigenvalue weighted by Crippen LogP contribution is -2.37. The summed E-state index contributed by atoms with van der Waals surface area (Å²) in [5, 5.41) is 7.47. The van der Waals surface area contributed by atoms with Gasteiger partial charge in [0.2, 0.25) is 0 Å². The average Bonchev–Trinajstić information content (AvgIpc) is 3.34. The third kappa shape index (κ3) is 6.22. The first-order valence-electron chi connectivity index (χ1n) is 13.5. The molecule has 0 fully saturated rings. The Morgan fingerprint density at radius 1 is 1.05 bits per heavy atom. The zero-order valence-corrected chi connectivity index (χ0v) is 22.0. The van der Waals surface area contributed by atoms with Gasteiger partial charge < -0.3 is 19.3 Å². The first kappa shape index (κ1) is 25.5. The van der Waals surface area contributed by atoms with Gasteiger partial charge in [0.05, 0.1) is 19.8 Å². The molecule has 1 atom stereocenters. The van der Waals surface area contributed by atoms with Crippen molar-refractivity contribution in [1.29, 1.82) is 0 Å². The fraction of sp³-hybridized carbons (Fsp3) is 0.467. The second-order valence-electron chi connectivity index (χ2n) is 10.4. The Labute approximate surface area is 219 Å². The predicted octanol–water partition coefficient (Wildman–Crippen LogP) is 4.71. The fourth-order valence-electron chi connectivity index (χ4n) is 5.47. The molecule has 3 aromatic rings. The molecule has 0 bridgehead atoms. The standard InChI is InChI=1S/C30H38N4O3/c1-22-10-11-28-25(19-22)20-33(2)15-12-24(23-7-4-3-5-8-23)9-6-14-34(16-18-37-28)30(35)29-26-21-36-17-13-27(26)31-32-29/h3-5,7-8,10-11,19,24H,6,9,12-18,20-21H2,1-2H3,(H,31,32).